The van der Waals surface area contributed by atoms with Crippen molar-refractivity contribution in [3.05, 3.63) is 70.8 Å². The van der Waals surface area contributed by atoms with E-state index >= 15 is 0 Å². The van der Waals surface area contributed by atoms with E-state index in [1.54, 1.807) is 42.7 Å². The molecular weight excluding hydrogens is 684 g/mol. The van der Waals surface area contributed by atoms with Crippen molar-refractivity contribution < 1.29 is 56.8 Å². The molecule has 2 heterocycles. The summed E-state index contributed by atoms with van der Waals surface area (Å²) in [6, 6.07) is 15.6. The first-order valence-electron chi connectivity index (χ1n) is 17.6. The van der Waals surface area contributed by atoms with Crippen molar-refractivity contribution >= 4 is 0 Å². The molecule has 4 aromatic rings. The van der Waals surface area contributed by atoms with Crippen LogP contribution in [-0.2, 0) is 0 Å². The molecule has 0 amide bonds. The second kappa shape index (κ2) is 16.9. The zero-order chi connectivity index (χ0) is 37.5. The Morgan fingerprint density at radius 2 is 0.774 bits per heavy atom. The molecule has 0 bridgehead atoms. The summed E-state index contributed by atoms with van der Waals surface area (Å²) in [6.45, 7) is 5.58. The Morgan fingerprint density at radius 1 is 0.434 bits per heavy atom. The summed E-state index contributed by atoms with van der Waals surface area (Å²) < 4.78 is 69.2. The second-order valence-corrected chi connectivity index (χ2v) is 12.6. The maximum Gasteiger partial charge on any atom is 0.231 e. The number of hydrogen-bond acceptors (Lipinski definition) is 12. The molecule has 6 rings (SSSR count). The molecule has 2 aliphatic heterocycles. The van der Waals surface area contributed by atoms with Crippen LogP contribution in [0.3, 0.4) is 0 Å². The van der Waals surface area contributed by atoms with Gasteiger partial charge in [0, 0.05) is 35.1 Å². The molecule has 2 aliphatic rings. The molecular formula is C41H48O12. The zero-order valence-corrected chi connectivity index (χ0v) is 31.6. The molecule has 0 saturated carbocycles. The van der Waals surface area contributed by atoms with Gasteiger partial charge in [-0.3, -0.25) is 0 Å². The quantitative estimate of drug-likeness (QED) is 0.0922. The van der Waals surface area contributed by atoms with Crippen molar-refractivity contribution in [2.45, 2.75) is 44.9 Å². The fourth-order valence-electron chi connectivity index (χ4n) is 6.61. The number of fused-ring (bicyclic) bond motifs is 2. The molecule has 284 valence electrons. The molecule has 53 heavy (non-hydrogen) atoms. The molecule has 0 radical (unpaired) electrons. The van der Waals surface area contributed by atoms with Crippen molar-refractivity contribution in [1.29, 1.82) is 0 Å². The van der Waals surface area contributed by atoms with Crippen LogP contribution in [0.25, 0.3) is 0 Å². The lowest BCUT2D eigenvalue weighted by Gasteiger charge is -2.21. The van der Waals surface area contributed by atoms with Crippen LogP contribution in [0.4, 0.5) is 0 Å². The highest BCUT2D eigenvalue weighted by atomic mass is 16.7. The summed E-state index contributed by atoms with van der Waals surface area (Å²) in [6.07, 6.45) is 2.54. The van der Waals surface area contributed by atoms with E-state index in [-0.39, 0.29) is 25.4 Å². The van der Waals surface area contributed by atoms with Crippen molar-refractivity contribution in [3.63, 3.8) is 0 Å². The van der Waals surface area contributed by atoms with Crippen LogP contribution in [-0.4, -0.2) is 69.5 Å². The normalized spacial score (nSPS) is 13.6. The molecule has 0 fully saturated rings. The van der Waals surface area contributed by atoms with E-state index in [4.69, 9.17) is 56.8 Å². The third kappa shape index (κ3) is 7.81. The summed E-state index contributed by atoms with van der Waals surface area (Å²) in [5, 5.41) is 0. The SMILES string of the molecule is COc1cc(C(C)c2cc3c(cc2OCCCCCOc2cc4c(cc2C(C)c2cc(OC)c(OC)c(OC)c2)OCO4)OCO3)cc(OC)c1OC. The highest BCUT2D eigenvalue weighted by Gasteiger charge is 2.26. The minimum absolute atomic E-state index is 0.0833. The average Bonchev–Trinajstić information content (AvgIpc) is 3.86. The molecule has 0 saturated heterocycles. The summed E-state index contributed by atoms with van der Waals surface area (Å²) in [5.41, 5.74) is 3.87. The lowest BCUT2D eigenvalue weighted by atomic mass is 9.91. The standard InChI is InChI=1S/C41H48O12/c1-24(26-14-36(42-3)40(46-7)37(15-26)43-4)28-18-32-34(52-22-50-32)20-30(28)48-12-10-9-11-13-49-31-21-35-33(51-23-53-35)19-29(31)25(2)27-16-38(44-5)41(47-8)39(17-27)45-6/h14-21,24-25H,9-13,22-23H2,1-8H3. The Hall–Kier alpha value is -5.52. The van der Waals surface area contributed by atoms with Gasteiger partial charge in [0.25, 0.3) is 0 Å². The topological polar surface area (TPSA) is 111 Å². The monoisotopic (exact) mass is 732 g/mol. The smallest absolute Gasteiger partial charge is 0.231 e. The van der Waals surface area contributed by atoms with Gasteiger partial charge in [-0.1, -0.05) is 13.8 Å². The highest BCUT2D eigenvalue weighted by Crippen LogP contribution is 2.48. The fourth-order valence-corrected chi connectivity index (χ4v) is 6.61. The number of methoxy groups -OCH3 is 6. The van der Waals surface area contributed by atoms with Crippen LogP contribution in [0.1, 0.15) is 67.2 Å². The van der Waals surface area contributed by atoms with E-state index < -0.39 is 0 Å². The van der Waals surface area contributed by atoms with Crippen molar-refractivity contribution in [2.75, 3.05) is 69.5 Å². The molecule has 4 aromatic carbocycles. The zero-order valence-electron chi connectivity index (χ0n) is 31.6. The van der Waals surface area contributed by atoms with Crippen LogP contribution in [0.5, 0.6) is 69.0 Å². The maximum absolute atomic E-state index is 6.41. The predicted molar refractivity (Wildman–Crippen MR) is 197 cm³/mol. The van der Waals surface area contributed by atoms with Gasteiger partial charge in [-0.2, -0.15) is 0 Å². The van der Waals surface area contributed by atoms with E-state index in [1.165, 1.54) is 0 Å². The Balaban J connectivity index is 1.11. The third-order valence-electron chi connectivity index (χ3n) is 9.62. The summed E-state index contributed by atoms with van der Waals surface area (Å²) in [7, 11) is 9.62. The van der Waals surface area contributed by atoms with E-state index in [0.29, 0.717) is 70.7 Å². The van der Waals surface area contributed by atoms with Crippen LogP contribution in [0.15, 0.2) is 48.5 Å². The Bertz CT molecular complexity index is 1700. The Kier molecular flexibility index (Phi) is 11.9. The number of ether oxygens (including phenoxy) is 12. The second-order valence-electron chi connectivity index (χ2n) is 12.6. The van der Waals surface area contributed by atoms with E-state index in [2.05, 4.69) is 13.8 Å². The molecule has 0 N–H and O–H groups in total. The van der Waals surface area contributed by atoms with Gasteiger partial charge < -0.3 is 56.8 Å². The fraction of sp³-hybridized carbons (Fsp3) is 0.415. The first-order valence-corrected chi connectivity index (χ1v) is 17.6. The Labute approximate surface area is 310 Å². The van der Waals surface area contributed by atoms with E-state index in [1.807, 2.05) is 48.5 Å². The van der Waals surface area contributed by atoms with Gasteiger partial charge in [-0.15, -0.1) is 0 Å². The largest absolute Gasteiger partial charge is 0.493 e. The van der Waals surface area contributed by atoms with E-state index in [9.17, 15) is 0 Å². The highest BCUT2D eigenvalue weighted by molar-refractivity contribution is 5.60. The minimum Gasteiger partial charge on any atom is -0.493 e. The van der Waals surface area contributed by atoms with Gasteiger partial charge in [0.2, 0.25) is 25.1 Å². The number of hydrogen-bond donors (Lipinski definition) is 0. The summed E-state index contributed by atoms with van der Waals surface area (Å²) >= 11 is 0. The van der Waals surface area contributed by atoms with Crippen LogP contribution < -0.4 is 56.8 Å². The van der Waals surface area contributed by atoms with Gasteiger partial charge >= 0.3 is 0 Å². The number of rotatable bonds is 18. The van der Waals surface area contributed by atoms with Crippen molar-refractivity contribution in [2.24, 2.45) is 0 Å². The average molecular weight is 733 g/mol. The molecule has 0 spiro atoms. The lowest BCUT2D eigenvalue weighted by Crippen LogP contribution is -2.07. The molecule has 2 atom stereocenters. The maximum atomic E-state index is 6.41. The van der Waals surface area contributed by atoms with Gasteiger partial charge in [-0.05, 0) is 66.8 Å². The Morgan fingerprint density at radius 3 is 1.09 bits per heavy atom. The lowest BCUT2D eigenvalue weighted by molar-refractivity contribution is 0.173. The van der Waals surface area contributed by atoms with Gasteiger partial charge in [-0.25, -0.2) is 0 Å². The molecule has 2 unspecified atom stereocenters. The minimum atomic E-state index is -0.0833. The molecule has 0 aliphatic carbocycles. The van der Waals surface area contributed by atoms with Gasteiger partial charge in [0.1, 0.15) is 11.5 Å². The van der Waals surface area contributed by atoms with Gasteiger partial charge in [0.15, 0.2) is 46.0 Å². The van der Waals surface area contributed by atoms with E-state index in [0.717, 1.165) is 53.0 Å². The first kappa shape index (κ1) is 37.2. The van der Waals surface area contributed by atoms with Crippen LogP contribution >= 0.6 is 0 Å². The molecule has 12 heteroatoms. The number of unbranched alkanes of at least 4 members (excludes halogenated alkanes) is 2. The first-order chi connectivity index (χ1) is 25.8. The van der Waals surface area contributed by atoms with Gasteiger partial charge in [0.05, 0.1) is 55.9 Å². The van der Waals surface area contributed by atoms with Crippen molar-refractivity contribution in [1.82, 2.24) is 0 Å². The molecule has 12 nitrogen and oxygen atoms in total. The molecule has 0 aromatic heterocycles. The van der Waals surface area contributed by atoms with Crippen LogP contribution in [0.2, 0.25) is 0 Å². The summed E-state index contributed by atoms with van der Waals surface area (Å²) in [4.78, 5) is 0. The third-order valence-corrected chi connectivity index (χ3v) is 9.62. The number of benzene rings is 4. The predicted octanol–water partition coefficient (Wildman–Crippen LogP) is 8.13. The van der Waals surface area contributed by atoms with Crippen LogP contribution in [0, 0.1) is 0 Å². The summed E-state index contributed by atoms with van der Waals surface area (Å²) in [5.74, 6) is 7.42. The van der Waals surface area contributed by atoms with Crippen molar-refractivity contribution in [3.8, 4) is 69.0 Å².